The van der Waals surface area contributed by atoms with Crippen LogP contribution < -0.4 is 10.9 Å². The summed E-state index contributed by atoms with van der Waals surface area (Å²) < 4.78 is 1.16. The van der Waals surface area contributed by atoms with Crippen molar-refractivity contribution < 1.29 is 0 Å². The molecule has 0 heterocycles. The molecule has 0 bridgehead atoms. The lowest BCUT2D eigenvalue weighted by atomic mass is 10.2. The summed E-state index contributed by atoms with van der Waals surface area (Å²) in [4.78, 5) is 0. The van der Waals surface area contributed by atoms with Crippen LogP contribution in [0.5, 0.6) is 0 Å². The fraction of sp³-hybridized carbons (Fsp3) is 0.125. The van der Waals surface area contributed by atoms with Gasteiger partial charge < -0.3 is 0 Å². The van der Waals surface area contributed by atoms with Crippen molar-refractivity contribution in [2.45, 2.75) is 6.92 Å². The van der Waals surface area contributed by atoms with E-state index >= 15 is 0 Å². The van der Waals surface area contributed by atoms with Gasteiger partial charge in [-0.1, -0.05) is 6.07 Å². The van der Waals surface area contributed by atoms with Gasteiger partial charge in [0.15, 0.2) is 0 Å². The molecule has 1 aromatic carbocycles. The predicted octanol–water partition coefficient (Wildman–Crippen LogP) is 1.89. The second kappa shape index (κ2) is 3.86. The van der Waals surface area contributed by atoms with Crippen LogP contribution in [0.15, 0.2) is 18.2 Å². The minimum absolute atomic E-state index is 0.872. The van der Waals surface area contributed by atoms with Gasteiger partial charge in [0.25, 0.3) is 0 Å². The number of benzene rings is 1. The molecule has 0 amide bonds. The van der Waals surface area contributed by atoms with Gasteiger partial charge in [0, 0.05) is 3.57 Å². The van der Waals surface area contributed by atoms with E-state index in [0.717, 1.165) is 21.2 Å². The Morgan fingerprint density at radius 1 is 1.58 bits per heavy atom. The average Bonchev–Trinajstić information content (AvgIpc) is 2.08. The van der Waals surface area contributed by atoms with Crippen LogP contribution >= 0.6 is 22.6 Å². The highest BCUT2D eigenvalue weighted by atomic mass is 127. The van der Waals surface area contributed by atoms with E-state index in [4.69, 9.17) is 11.3 Å². The molecule has 12 heavy (non-hydrogen) atoms. The first-order chi connectivity index (χ1) is 5.66. The SMILES string of the molecule is Cc1c(I)cccc1N(N)C=N. The minimum Gasteiger partial charge on any atom is -0.290 e. The number of halogens is 1. The van der Waals surface area contributed by atoms with Crippen molar-refractivity contribution in [1.29, 1.82) is 5.41 Å². The van der Waals surface area contributed by atoms with Gasteiger partial charge in [-0.05, 0) is 47.2 Å². The highest BCUT2D eigenvalue weighted by Gasteiger charge is 2.03. The number of hydrazine groups is 1. The first-order valence-electron chi connectivity index (χ1n) is 3.46. The first kappa shape index (κ1) is 9.47. The number of nitrogens with zero attached hydrogens (tertiary/aromatic N) is 1. The van der Waals surface area contributed by atoms with Crippen LogP contribution in [0, 0.1) is 15.9 Å². The van der Waals surface area contributed by atoms with Crippen LogP contribution in [-0.2, 0) is 0 Å². The molecule has 0 spiro atoms. The molecular formula is C8H10IN3. The summed E-state index contributed by atoms with van der Waals surface area (Å²) in [5.74, 6) is 5.55. The molecule has 3 N–H and O–H groups in total. The molecule has 64 valence electrons. The standard InChI is InChI=1S/C8H10IN3/c1-6-7(9)3-2-4-8(6)12(11)5-10/h2-5,10H,11H2,1H3. The van der Waals surface area contributed by atoms with Gasteiger partial charge in [-0.15, -0.1) is 0 Å². The average molecular weight is 275 g/mol. The molecule has 0 saturated heterocycles. The molecule has 0 saturated carbocycles. The predicted molar refractivity (Wildman–Crippen MR) is 59.3 cm³/mol. The summed E-state index contributed by atoms with van der Waals surface area (Å²) in [6, 6.07) is 5.83. The minimum atomic E-state index is 0.872. The van der Waals surface area contributed by atoms with Crippen molar-refractivity contribution in [3.05, 3.63) is 27.3 Å². The lowest BCUT2D eigenvalue weighted by Crippen LogP contribution is -2.29. The van der Waals surface area contributed by atoms with Crippen LogP contribution in [0.4, 0.5) is 5.69 Å². The Kier molecular flexibility index (Phi) is 3.05. The zero-order valence-electron chi connectivity index (χ0n) is 6.71. The summed E-state index contributed by atoms with van der Waals surface area (Å²) in [6.45, 7) is 1.99. The Morgan fingerprint density at radius 3 is 2.83 bits per heavy atom. The number of hydrogen-bond donors (Lipinski definition) is 2. The van der Waals surface area contributed by atoms with Gasteiger partial charge in [0.2, 0.25) is 0 Å². The lowest BCUT2D eigenvalue weighted by molar-refractivity contribution is 1.12. The van der Waals surface area contributed by atoms with Gasteiger partial charge >= 0.3 is 0 Å². The highest BCUT2D eigenvalue weighted by molar-refractivity contribution is 14.1. The van der Waals surface area contributed by atoms with Crippen LogP contribution in [0.3, 0.4) is 0 Å². The van der Waals surface area contributed by atoms with Crippen LogP contribution in [0.25, 0.3) is 0 Å². The molecule has 0 aliphatic heterocycles. The van der Waals surface area contributed by atoms with Crippen molar-refractivity contribution in [1.82, 2.24) is 0 Å². The molecule has 0 unspecified atom stereocenters. The van der Waals surface area contributed by atoms with Gasteiger partial charge in [-0.3, -0.25) is 10.4 Å². The Labute approximate surface area is 85.2 Å². The van der Waals surface area contributed by atoms with Crippen LogP contribution in [-0.4, -0.2) is 6.34 Å². The number of rotatable bonds is 2. The van der Waals surface area contributed by atoms with Gasteiger partial charge in [-0.2, -0.15) is 0 Å². The molecule has 1 aromatic rings. The summed E-state index contributed by atoms with van der Waals surface area (Å²) in [5.41, 5.74) is 1.97. The van der Waals surface area contributed by atoms with Crippen molar-refractivity contribution in [3.8, 4) is 0 Å². The van der Waals surface area contributed by atoms with E-state index in [2.05, 4.69) is 22.6 Å². The Morgan fingerprint density at radius 2 is 2.25 bits per heavy atom. The smallest absolute Gasteiger partial charge is 0.101 e. The summed E-state index contributed by atoms with van der Waals surface area (Å²) in [7, 11) is 0. The second-order valence-electron chi connectivity index (χ2n) is 2.42. The van der Waals surface area contributed by atoms with Crippen molar-refractivity contribution in [2.75, 3.05) is 5.01 Å². The number of nitrogens with one attached hydrogen (secondary N) is 1. The second-order valence-corrected chi connectivity index (χ2v) is 3.58. The third-order valence-electron chi connectivity index (χ3n) is 1.66. The van der Waals surface area contributed by atoms with Gasteiger partial charge in [-0.25, -0.2) is 5.84 Å². The zero-order chi connectivity index (χ0) is 9.14. The van der Waals surface area contributed by atoms with E-state index in [9.17, 15) is 0 Å². The quantitative estimate of drug-likeness (QED) is 0.285. The van der Waals surface area contributed by atoms with Crippen molar-refractivity contribution >= 4 is 34.6 Å². The van der Waals surface area contributed by atoms with E-state index in [1.54, 1.807) is 0 Å². The molecule has 4 heteroatoms. The number of hydrogen-bond acceptors (Lipinski definition) is 2. The Bertz CT molecular complexity index is 298. The Balaban J connectivity index is 3.15. The number of anilines is 1. The third kappa shape index (κ3) is 1.75. The molecular weight excluding hydrogens is 265 g/mol. The maximum Gasteiger partial charge on any atom is 0.101 e. The largest absolute Gasteiger partial charge is 0.290 e. The fourth-order valence-corrected chi connectivity index (χ4v) is 1.43. The van der Waals surface area contributed by atoms with Crippen LogP contribution in [0.1, 0.15) is 5.56 Å². The zero-order valence-corrected chi connectivity index (χ0v) is 8.87. The van der Waals surface area contributed by atoms with Crippen LogP contribution in [0.2, 0.25) is 0 Å². The number of nitrogens with two attached hydrogens (primary N) is 1. The molecule has 0 aliphatic rings. The van der Waals surface area contributed by atoms with Gasteiger partial charge in [0.1, 0.15) is 6.34 Å². The topological polar surface area (TPSA) is 53.1 Å². The third-order valence-corrected chi connectivity index (χ3v) is 2.83. The molecule has 0 aromatic heterocycles. The summed E-state index contributed by atoms with van der Waals surface area (Å²) in [6.07, 6.45) is 1.10. The van der Waals surface area contributed by atoms with Gasteiger partial charge in [0.05, 0.1) is 5.69 Å². The Hall–Kier alpha value is -0.620. The fourth-order valence-electron chi connectivity index (χ4n) is 0.945. The van der Waals surface area contributed by atoms with E-state index < -0.39 is 0 Å². The highest BCUT2D eigenvalue weighted by Crippen LogP contribution is 2.21. The van der Waals surface area contributed by atoms with Crippen molar-refractivity contribution in [2.24, 2.45) is 5.84 Å². The molecule has 0 fully saturated rings. The molecule has 1 rings (SSSR count). The van der Waals surface area contributed by atoms with Crippen molar-refractivity contribution in [3.63, 3.8) is 0 Å². The maximum atomic E-state index is 6.99. The van der Waals surface area contributed by atoms with E-state index in [0.29, 0.717) is 0 Å². The lowest BCUT2D eigenvalue weighted by Gasteiger charge is -2.15. The van der Waals surface area contributed by atoms with E-state index in [1.165, 1.54) is 5.01 Å². The monoisotopic (exact) mass is 275 g/mol. The summed E-state index contributed by atoms with van der Waals surface area (Å²) >= 11 is 2.24. The molecule has 0 radical (unpaired) electrons. The first-order valence-corrected chi connectivity index (χ1v) is 4.54. The molecule has 0 atom stereocenters. The van der Waals surface area contributed by atoms with E-state index in [-0.39, 0.29) is 0 Å². The van der Waals surface area contributed by atoms with E-state index in [1.807, 2.05) is 25.1 Å². The summed E-state index contributed by atoms with van der Waals surface area (Å²) in [5, 5.41) is 8.29. The normalized spacial score (nSPS) is 9.58. The molecule has 3 nitrogen and oxygen atoms in total. The maximum absolute atomic E-state index is 6.99. The molecule has 0 aliphatic carbocycles.